The molecule has 340 valence electrons. The zero-order valence-electron chi connectivity index (χ0n) is 37.3. The highest BCUT2D eigenvalue weighted by atomic mass is 35.5. The minimum Gasteiger partial charge on any atom is -0.496 e. The SMILES string of the molecule is COc1ccccc1-c1nccc(COc2ccc3cc2C[C@H](C(=O)O)Oc2ncnc4sc(C5CC(C)(C)C5)c(c24)-c2c(C)c(Cl)c(c(Cl)c2C)O[C@H](CN2CCN(C)CC2)CO3)n1. The van der Waals surface area contributed by atoms with Gasteiger partial charge in [-0.3, -0.25) is 4.90 Å². The molecule has 16 heteroatoms. The van der Waals surface area contributed by atoms with Gasteiger partial charge < -0.3 is 33.7 Å². The van der Waals surface area contributed by atoms with Crippen LogP contribution >= 0.6 is 34.5 Å². The van der Waals surface area contributed by atoms with Gasteiger partial charge in [0, 0.05) is 61.3 Å². The number of halogens is 2. The number of fused-ring (bicyclic) bond motifs is 7. The van der Waals surface area contributed by atoms with Gasteiger partial charge >= 0.3 is 5.97 Å². The van der Waals surface area contributed by atoms with Gasteiger partial charge in [-0.1, -0.05) is 49.2 Å². The van der Waals surface area contributed by atoms with Crippen LogP contribution in [0.1, 0.15) is 59.9 Å². The van der Waals surface area contributed by atoms with Crippen LogP contribution in [0.25, 0.3) is 32.7 Å². The molecule has 1 saturated heterocycles. The van der Waals surface area contributed by atoms with Crippen molar-refractivity contribution in [3.8, 4) is 51.4 Å². The topological polar surface area (TPSA) is 141 Å². The molecule has 0 amide bonds. The number of piperazine rings is 1. The quantitative estimate of drug-likeness (QED) is 0.147. The Kier molecular flexibility index (Phi) is 12.8. The van der Waals surface area contributed by atoms with E-state index in [4.69, 9.17) is 56.9 Å². The smallest absolute Gasteiger partial charge is 0.345 e. The Morgan fingerprint density at radius 2 is 1.71 bits per heavy atom. The summed E-state index contributed by atoms with van der Waals surface area (Å²) in [7, 11) is 3.73. The number of carboxylic acid groups (broad SMARTS) is 1. The fourth-order valence-corrected chi connectivity index (χ4v) is 11.0. The number of aliphatic carboxylic acids is 1. The van der Waals surface area contributed by atoms with Gasteiger partial charge in [-0.2, -0.15) is 0 Å². The van der Waals surface area contributed by atoms with Gasteiger partial charge in [-0.25, -0.2) is 24.7 Å². The molecule has 6 aromatic rings. The normalized spacial score (nSPS) is 19.1. The number of para-hydroxylation sites is 1. The van der Waals surface area contributed by atoms with Gasteiger partial charge in [0.1, 0.15) is 47.7 Å². The minimum atomic E-state index is -1.39. The number of aromatic nitrogens is 4. The largest absolute Gasteiger partial charge is 0.496 e. The highest BCUT2D eigenvalue weighted by molar-refractivity contribution is 7.19. The summed E-state index contributed by atoms with van der Waals surface area (Å²) < 4.78 is 32.0. The Balaban J connectivity index is 1.15. The summed E-state index contributed by atoms with van der Waals surface area (Å²) in [6.45, 7) is 12.9. The molecule has 2 fully saturated rings. The number of carboxylic acids is 1. The zero-order chi connectivity index (χ0) is 45.6. The molecule has 0 spiro atoms. The Bertz CT molecular complexity index is 2720. The van der Waals surface area contributed by atoms with Crippen molar-refractivity contribution in [3.05, 3.63) is 98.4 Å². The molecular formula is C49H52Cl2N6O7S. The van der Waals surface area contributed by atoms with Gasteiger partial charge in [-0.05, 0) is 98.2 Å². The van der Waals surface area contributed by atoms with E-state index < -0.39 is 18.2 Å². The van der Waals surface area contributed by atoms with Crippen molar-refractivity contribution in [2.75, 3.05) is 53.5 Å². The van der Waals surface area contributed by atoms with E-state index in [-0.39, 0.29) is 36.8 Å². The van der Waals surface area contributed by atoms with E-state index in [1.165, 1.54) is 6.33 Å². The molecule has 4 aliphatic rings. The van der Waals surface area contributed by atoms with Crippen molar-refractivity contribution in [1.82, 2.24) is 29.7 Å². The van der Waals surface area contributed by atoms with Crippen LogP contribution in [0.2, 0.25) is 10.0 Å². The number of thiophene rings is 1. The maximum atomic E-state index is 13.3. The number of methoxy groups -OCH3 is 1. The Hall–Kier alpha value is -5.25. The van der Waals surface area contributed by atoms with Crippen LogP contribution in [0.5, 0.6) is 28.9 Å². The maximum absolute atomic E-state index is 13.3. The van der Waals surface area contributed by atoms with Crippen LogP contribution in [-0.2, 0) is 17.8 Å². The molecule has 1 N–H and O–H groups in total. The first-order valence-corrected chi connectivity index (χ1v) is 23.4. The number of carbonyl (C=O) groups is 1. The summed E-state index contributed by atoms with van der Waals surface area (Å²) in [4.78, 5) is 38.4. The van der Waals surface area contributed by atoms with E-state index in [1.54, 1.807) is 48.9 Å². The maximum Gasteiger partial charge on any atom is 0.345 e. The molecule has 3 aliphatic heterocycles. The van der Waals surface area contributed by atoms with Gasteiger partial charge in [0.25, 0.3) is 0 Å². The number of ether oxygens (including phenoxy) is 5. The summed E-state index contributed by atoms with van der Waals surface area (Å²) in [5.41, 5.74) is 5.33. The molecule has 3 aromatic heterocycles. The molecule has 13 nitrogen and oxygen atoms in total. The number of hydrogen-bond acceptors (Lipinski definition) is 13. The Morgan fingerprint density at radius 3 is 2.43 bits per heavy atom. The lowest BCUT2D eigenvalue weighted by atomic mass is 9.63. The van der Waals surface area contributed by atoms with E-state index in [0.717, 1.165) is 71.7 Å². The summed E-state index contributed by atoms with van der Waals surface area (Å²) in [5, 5.41) is 12.3. The fourth-order valence-electron chi connectivity index (χ4n) is 9.27. The summed E-state index contributed by atoms with van der Waals surface area (Å²) >= 11 is 16.3. The molecule has 0 unspecified atom stereocenters. The van der Waals surface area contributed by atoms with Crippen molar-refractivity contribution >= 4 is 50.7 Å². The lowest BCUT2D eigenvalue weighted by Gasteiger charge is -2.42. The average Bonchev–Trinajstić information content (AvgIpc) is 3.67. The van der Waals surface area contributed by atoms with Crippen LogP contribution in [0.4, 0.5) is 0 Å². The number of rotatable bonds is 9. The summed E-state index contributed by atoms with van der Waals surface area (Å²) in [5.74, 6) is 1.67. The van der Waals surface area contributed by atoms with Crippen molar-refractivity contribution in [2.45, 2.75) is 71.7 Å². The lowest BCUT2D eigenvalue weighted by Crippen LogP contribution is -2.49. The number of nitrogens with zero attached hydrogens (tertiary/aromatic N) is 6. The van der Waals surface area contributed by atoms with Gasteiger partial charge in [0.2, 0.25) is 12.0 Å². The lowest BCUT2D eigenvalue weighted by molar-refractivity contribution is -0.145. The minimum absolute atomic E-state index is 0.0698. The second-order valence-electron chi connectivity index (χ2n) is 18.0. The molecule has 0 radical (unpaired) electrons. The predicted octanol–water partition coefficient (Wildman–Crippen LogP) is 9.69. The van der Waals surface area contributed by atoms with Crippen LogP contribution < -0.4 is 23.7 Å². The van der Waals surface area contributed by atoms with Crippen molar-refractivity contribution in [2.24, 2.45) is 5.41 Å². The van der Waals surface area contributed by atoms with Gasteiger partial charge in [0.15, 0.2) is 11.6 Å². The van der Waals surface area contributed by atoms with E-state index in [2.05, 4.69) is 40.7 Å². The van der Waals surface area contributed by atoms with Crippen molar-refractivity contribution in [3.63, 3.8) is 0 Å². The molecule has 3 aromatic carbocycles. The molecule has 2 atom stereocenters. The number of hydrogen-bond donors (Lipinski definition) is 1. The monoisotopic (exact) mass is 938 g/mol. The van der Waals surface area contributed by atoms with E-state index >= 15 is 0 Å². The van der Waals surface area contributed by atoms with Crippen LogP contribution in [0.3, 0.4) is 0 Å². The van der Waals surface area contributed by atoms with Gasteiger partial charge in [0.05, 0.1) is 33.8 Å². The van der Waals surface area contributed by atoms with E-state index in [9.17, 15) is 9.90 Å². The third-order valence-electron chi connectivity index (χ3n) is 12.7. The number of benzene rings is 3. The fraction of sp³-hybridized carbons (Fsp3) is 0.408. The molecule has 1 aliphatic carbocycles. The third-order valence-corrected chi connectivity index (χ3v) is 14.9. The molecular weight excluding hydrogens is 888 g/mol. The zero-order valence-corrected chi connectivity index (χ0v) is 39.6. The van der Waals surface area contributed by atoms with Crippen LogP contribution in [0.15, 0.2) is 61.1 Å². The van der Waals surface area contributed by atoms with Crippen molar-refractivity contribution in [1.29, 1.82) is 0 Å². The van der Waals surface area contributed by atoms with E-state index in [1.807, 2.05) is 38.1 Å². The predicted molar refractivity (Wildman–Crippen MR) is 252 cm³/mol. The highest BCUT2D eigenvalue weighted by Crippen LogP contribution is 2.58. The Morgan fingerprint density at radius 1 is 0.954 bits per heavy atom. The summed E-state index contributed by atoms with van der Waals surface area (Å²) in [6, 6.07) is 14.7. The van der Waals surface area contributed by atoms with Crippen LogP contribution in [0, 0.1) is 19.3 Å². The molecule has 10 rings (SSSR count). The first kappa shape index (κ1) is 44.9. The third kappa shape index (κ3) is 9.29. The molecule has 6 heterocycles. The number of likely N-dealkylation sites (N-methyl/N-ethyl adjacent to an activating group) is 1. The first-order chi connectivity index (χ1) is 31.3. The molecule has 1 saturated carbocycles. The second kappa shape index (κ2) is 18.6. The standard InChI is InChI=1S/C49H52Cl2N6O7S/c1-27-38-28(2)42(51)43(41(27)50)63-33(23-57-17-15-56(5)16-18-57)25-61-32-11-12-35(62-24-31-13-14-52-45(55-31)34-9-7-8-10-36(34)60-6)29(19-32)20-37(48(58)59)64-46-40-39(38)44(30-21-49(3,4)22-30)65-47(40)54-26-53-46/h7-14,19,26,30,33,37H,15-18,20-25H2,1-6H3,(H,58,59)/t33-,37-/m1/s1. The van der Waals surface area contributed by atoms with E-state index in [0.29, 0.717) is 66.9 Å². The summed E-state index contributed by atoms with van der Waals surface area (Å²) in [6.07, 6.45) is 3.09. The Labute approximate surface area is 392 Å². The highest BCUT2D eigenvalue weighted by Gasteiger charge is 2.41. The first-order valence-electron chi connectivity index (χ1n) is 21.8. The second-order valence-corrected chi connectivity index (χ2v) is 19.8. The average molecular weight is 940 g/mol. The van der Waals surface area contributed by atoms with Crippen molar-refractivity contribution < 1.29 is 33.6 Å². The van der Waals surface area contributed by atoms with Gasteiger partial charge in [-0.15, -0.1) is 11.3 Å². The molecule has 65 heavy (non-hydrogen) atoms. The molecule has 4 bridgehead atoms. The van der Waals surface area contributed by atoms with Crippen LogP contribution in [-0.4, -0.2) is 107 Å².